The molecule has 0 aliphatic heterocycles. The summed E-state index contributed by atoms with van der Waals surface area (Å²) in [4.78, 5) is 0. The van der Waals surface area contributed by atoms with Gasteiger partial charge in [-0.25, -0.2) is 0 Å². The van der Waals surface area contributed by atoms with Crippen molar-refractivity contribution in [2.75, 3.05) is 0 Å². The van der Waals surface area contributed by atoms with Crippen LogP contribution < -0.4 is 20.7 Å². The van der Waals surface area contributed by atoms with Crippen molar-refractivity contribution >= 4 is 55.9 Å². The van der Waals surface area contributed by atoms with Gasteiger partial charge < -0.3 is 21.3 Å². The quantitative estimate of drug-likeness (QED) is 0.100. The van der Waals surface area contributed by atoms with E-state index in [1.165, 1.54) is 272 Å². The summed E-state index contributed by atoms with van der Waals surface area (Å²) in [6.45, 7) is 47.1. The molecule has 8 atom stereocenters. The van der Waals surface area contributed by atoms with Gasteiger partial charge >= 0.3 is 21.7 Å². The minimum Gasteiger partial charge on any atom is -0.647 e. The van der Waals surface area contributed by atoms with Crippen LogP contribution in [0.4, 0.5) is 0 Å². The molecule has 0 bridgehead atoms. The Morgan fingerprint density at radius 2 is 0.358 bits per heavy atom. The predicted octanol–water partition coefficient (Wildman–Crippen LogP) is 26.4. The zero-order valence-corrected chi connectivity index (χ0v) is 79.3. The van der Waals surface area contributed by atoms with E-state index in [0.29, 0.717) is 0 Å². The van der Waals surface area contributed by atoms with Gasteiger partial charge in [0.25, 0.3) is 0 Å². The van der Waals surface area contributed by atoms with Crippen LogP contribution in [0.25, 0.3) is 21.3 Å². The van der Waals surface area contributed by atoms with Crippen molar-refractivity contribution in [1.82, 2.24) is 0 Å². The monoisotopic (exact) mass is 1570 g/mol. The molecule has 0 amide bonds. The molecule has 0 aromatic heterocycles. The van der Waals surface area contributed by atoms with Crippen LogP contribution in [0.15, 0.2) is 213 Å². The third-order valence-electron chi connectivity index (χ3n) is 29.8. The average molecular weight is 1570 g/mol. The standard InChI is InChI=1S/4C25H38NSi.Ti/c4*1-20-19-24(4,22(3)21(20)2)26-25(17-13-8-6-7-9-14-18-25)27(5)23-15-11-10-12-16-23;/h4*10-12,15-16,19,27H,6-9,13-14,17-18H2,1-5H3;/q4*-1;+4. The second kappa shape index (κ2) is 41.2. The first kappa shape index (κ1) is 90.8. The van der Waals surface area contributed by atoms with Crippen molar-refractivity contribution in [2.24, 2.45) is 0 Å². The molecule has 8 aliphatic rings. The van der Waals surface area contributed by atoms with E-state index in [-0.39, 0.29) is 64.5 Å². The number of hydrogen-bond acceptors (Lipinski definition) is 0. The van der Waals surface area contributed by atoms with Crippen LogP contribution >= 0.6 is 0 Å². The van der Waals surface area contributed by atoms with Crippen LogP contribution in [0.3, 0.4) is 0 Å². The van der Waals surface area contributed by atoms with Crippen molar-refractivity contribution in [2.45, 2.75) is 385 Å². The predicted molar refractivity (Wildman–Crippen MR) is 491 cm³/mol. The number of rotatable bonds is 16. The zero-order valence-electron chi connectivity index (χ0n) is 73.1. The molecule has 8 unspecified atom stereocenters. The Bertz CT molecular complexity index is 3270. The molecule has 8 aliphatic carbocycles. The molecule has 9 heteroatoms. The van der Waals surface area contributed by atoms with Crippen molar-refractivity contribution < 1.29 is 21.7 Å². The van der Waals surface area contributed by atoms with Gasteiger partial charge in [0.2, 0.25) is 0 Å². The summed E-state index contributed by atoms with van der Waals surface area (Å²) in [6, 6.07) is 45.3. The van der Waals surface area contributed by atoms with E-state index in [4.69, 9.17) is 21.3 Å². The fourth-order valence-electron chi connectivity index (χ4n) is 21.1. The van der Waals surface area contributed by atoms with Crippen LogP contribution in [0.1, 0.15) is 316 Å². The first-order valence-electron chi connectivity index (χ1n) is 44.2. The first-order chi connectivity index (χ1) is 51.5. The van der Waals surface area contributed by atoms with Crippen LogP contribution in [0.2, 0.25) is 26.2 Å². The van der Waals surface area contributed by atoms with Crippen molar-refractivity contribution in [3.8, 4) is 0 Å². The van der Waals surface area contributed by atoms with Gasteiger partial charge in [-0.05, 0) is 83.1 Å². The van der Waals surface area contributed by atoms with Crippen LogP contribution in [0, 0.1) is 0 Å². The first-order valence-corrected chi connectivity index (χ1v) is 53.4. The molecule has 4 aromatic rings. The maximum atomic E-state index is 5.83. The van der Waals surface area contributed by atoms with E-state index in [1.807, 2.05) is 0 Å². The summed E-state index contributed by atoms with van der Waals surface area (Å²) < 4.78 is 0. The average Bonchev–Trinajstić information content (AvgIpc) is 1.70. The second-order valence-corrected chi connectivity index (χ2v) is 49.5. The molecule has 4 fully saturated rings. The van der Waals surface area contributed by atoms with Gasteiger partial charge in [-0.1, -0.05) is 515 Å². The molecule has 12 rings (SSSR count). The topological polar surface area (TPSA) is 56.4 Å². The van der Waals surface area contributed by atoms with E-state index in [1.54, 1.807) is 20.7 Å². The van der Waals surface area contributed by atoms with E-state index >= 15 is 0 Å². The van der Waals surface area contributed by atoms with Crippen molar-refractivity contribution in [3.63, 3.8) is 0 Å². The zero-order chi connectivity index (χ0) is 78.0. The summed E-state index contributed by atoms with van der Waals surface area (Å²) in [5.74, 6) is 0. The smallest absolute Gasteiger partial charge is 0.647 e. The molecule has 0 saturated heterocycles. The Labute approximate surface area is 691 Å². The molecule has 592 valence electrons. The fourth-order valence-corrected chi connectivity index (χ4v) is 33.7. The third-order valence-corrected chi connectivity index (χ3v) is 44.6. The third kappa shape index (κ3) is 22.5. The van der Waals surface area contributed by atoms with Gasteiger partial charge in [0.1, 0.15) is 0 Å². The van der Waals surface area contributed by atoms with E-state index < -0.39 is 35.2 Å². The van der Waals surface area contributed by atoms with E-state index in [9.17, 15) is 0 Å². The number of nitrogens with zero attached hydrogens (tertiary/aromatic N) is 4. The Balaban J connectivity index is 0.000000182. The van der Waals surface area contributed by atoms with Crippen LogP contribution in [-0.2, 0) is 21.7 Å². The van der Waals surface area contributed by atoms with Gasteiger partial charge in [0.15, 0.2) is 0 Å². The molecule has 0 radical (unpaired) electrons. The Morgan fingerprint density at radius 1 is 0.220 bits per heavy atom. The van der Waals surface area contributed by atoms with Gasteiger partial charge in [-0.3, -0.25) is 0 Å². The maximum Gasteiger partial charge on any atom is 4.00 e. The van der Waals surface area contributed by atoms with Gasteiger partial charge in [-0.15, -0.1) is 20.6 Å². The summed E-state index contributed by atoms with van der Waals surface area (Å²) in [7, 11) is -4.93. The minimum absolute atomic E-state index is 0. The van der Waals surface area contributed by atoms with Crippen molar-refractivity contribution in [3.05, 3.63) is 234 Å². The van der Waals surface area contributed by atoms with Crippen LogP contribution in [0.5, 0.6) is 0 Å². The van der Waals surface area contributed by atoms with Gasteiger partial charge in [0, 0.05) is 0 Å². The van der Waals surface area contributed by atoms with Gasteiger partial charge in [0.05, 0.1) is 35.2 Å². The summed E-state index contributed by atoms with van der Waals surface area (Å²) >= 11 is 0. The molecule has 4 saturated carbocycles. The molecule has 0 spiro atoms. The summed E-state index contributed by atoms with van der Waals surface area (Å²) in [5, 5.41) is 30.3. The fraction of sp³-hybridized carbons (Fsp3) is 0.600. The summed E-state index contributed by atoms with van der Waals surface area (Å²) in [6.07, 6.45) is 53.1. The molecule has 0 heterocycles. The number of hydrogen-bond donors (Lipinski definition) is 0. The Kier molecular flexibility index (Phi) is 34.3. The van der Waals surface area contributed by atoms with E-state index in [0.717, 1.165) is 0 Å². The molecule has 4 aromatic carbocycles. The molecule has 4 nitrogen and oxygen atoms in total. The molecular weight excluding hydrogens is 1420 g/mol. The van der Waals surface area contributed by atoms with Gasteiger partial charge in [-0.2, -0.15) is 0 Å². The molecule has 109 heavy (non-hydrogen) atoms. The van der Waals surface area contributed by atoms with Crippen LogP contribution in [-0.4, -0.2) is 78.0 Å². The minimum atomic E-state index is -1.23. The number of allylic oxidation sites excluding steroid dienone is 8. The second-order valence-electron chi connectivity index (χ2n) is 36.8. The Morgan fingerprint density at radius 3 is 0.486 bits per heavy atom. The molecular formula is C100H152N4Si4Ti. The SMILES string of the molecule is CC1=CC(C)([N-]C2([SiH](C)c3ccccc3)CCCCCCCC2)C(C)=C1C.CC1=CC(C)([N-]C2([SiH](C)c3ccccc3)CCCCCCCC2)C(C)=C1C.CC1=CC(C)([N-]C2([SiH](C)c3ccccc3)CCCCCCCC2)C(C)=C1C.CC1=CC(C)([N-]C2([SiH](C)c3ccccc3)CCCCCCCC2)C(C)=C1C.[Ti+4]. The normalized spacial score (nSPS) is 27.3. The summed E-state index contributed by atoms with van der Waals surface area (Å²) in [5.41, 5.74) is 16.9. The molecule has 0 N–H and O–H groups in total. The number of benzene rings is 4. The van der Waals surface area contributed by atoms with Crippen molar-refractivity contribution in [1.29, 1.82) is 0 Å². The van der Waals surface area contributed by atoms with E-state index in [2.05, 4.69) is 283 Å². The maximum absolute atomic E-state index is 5.83. The Hall–Kier alpha value is -3.78. The largest absolute Gasteiger partial charge is 4.00 e.